The summed E-state index contributed by atoms with van der Waals surface area (Å²) >= 11 is 0. The Labute approximate surface area is 175 Å². The summed E-state index contributed by atoms with van der Waals surface area (Å²) in [7, 11) is -3.86. The fourth-order valence-corrected chi connectivity index (χ4v) is 5.11. The van der Waals surface area contributed by atoms with Crippen molar-refractivity contribution in [1.82, 2.24) is 10.1 Å². The second-order valence-electron chi connectivity index (χ2n) is 6.83. The van der Waals surface area contributed by atoms with Crippen molar-refractivity contribution in [2.75, 3.05) is 10.8 Å². The van der Waals surface area contributed by atoms with Crippen molar-refractivity contribution in [2.45, 2.75) is 11.5 Å². The van der Waals surface area contributed by atoms with E-state index < -0.39 is 28.4 Å². The van der Waals surface area contributed by atoms with Gasteiger partial charge in [0.05, 0.1) is 10.6 Å². The second-order valence-corrected chi connectivity index (χ2v) is 8.66. The van der Waals surface area contributed by atoms with E-state index >= 15 is 0 Å². The third kappa shape index (κ3) is 3.30. The molecule has 2 heterocycles. The van der Waals surface area contributed by atoms with E-state index in [9.17, 15) is 17.6 Å². The summed E-state index contributed by atoms with van der Waals surface area (Å²) in [4.78, 5) is 16.6. The summed E-state index contributed by atoms with van der Waals surface area (Å²) in [5.74, 6) is -0.911. The second kappa shape index (κ2) is 7.17. The quantitative estimate of drug-likeness (QED) is 0.440. The van der Waals surface area contributed by atoms with Crippen LogP contribution >= 0.6 is 0 Å². The lowest BCUT2D eigenvalue weighted by Gasteiger charge is -2.17. The Balaban J connectivity index is 1.30. The molecule has 0 atom stereocenters. The first-order valence-electron chi connectivity index (χ1n) is 9.22. The lowest BCUT2D eigenvalue weighted by atomic mass is 10.1. The minimum absolute atomic E-state index is 0.0994. The van der Waals surface area contributed by atoms with Crippen LogP contribution in [0.1, 0.15) is 5.82 Å². The van der Waals surface area contributed by atoms with E-state index in [0.717, 1.165) is 9.69 Å². The van der Waals surface area contributed by atoms with Crippen LogP contribution in [0, 0.1) is 5.82 Å². The van der Waals surface area contributed by atoms with Crippen LogP contribution in [0.4, 0.5) is 10.1 Å². The van der Waals surface area contributed by atoms with Gasteiger partial charge in [-0.25, -0.2) is 12.8 Å². The third-order valence-electron chi connectivity index (χ3n) is 4.88. The average Bonchev–Trinajstić information content (AvgIpc) is 3.32. The van der Waals surface area contributed by atoms with E-state index in [4.69, 9.17) is 9.26 Å². The fourth-order valence-electron chi connectivity index (χ4n) is 3.46. The van der Waals surface area contributed by atoms with Crippen molar-refractivity contribution >= 4 is 32.5 Å². The number of esters is 1. The number of carbonyl (C=O) groups is 1. The molecule has 3 aromatic carbocycles. The topological polar surface area (TPSA) is 103 Å². The molecule has 8 nitrogen and oxygen atoms in total. The number of sulfonamides is 1. The number of anilines is 1. The first-order chi connectivity index (χ1) is 14.9. The summed E-state index contributed by atoms with van der Waals surface area (Å²) in [5, 5.41) is 5.08. The zero-order valence-corrected chi connectivity index (χ0v) is 16.7. The number of halogens is 1. The summed E-state index contributed by atoms with van der Waals surface area (Å²) in [6.07, 6.45) is 0. The zero-order chi connectivity index (χ0) is 21.6. The number of rotatable bonds is 5. The van der Waals surface area contributed by atoms with Crippen molar-refractivity contribution in [1.29, 1.82) is 0 Å². The molecule has 0 aliphatic carbocycles. The van der Waals surface area contributed by atoms with Crippen molar-refractivity contribution in [3.05, 3.63) is 72.3 Å². The van der Waals surface area contributed by atoms with Crippen LogP contribution in [-0.2, 0) is 26.2 Å². The van der Waals surface area contributed by atoms with Crippen LogP contribution in [0.2, 0.25) is 0 Å². The molecule has 10 heteroatoms. The SMILES string of the molecule is O=C(CN1c2cccc3cccc(c23)S1(=O)=O)OCc1noc(-c2ccc(F)cc2)n1. The number of hydrogen-bond donors (Lipinski definition) is 0. The van der Waals surface area contributed by atoms with Gasteiger partial charge in [-0.05, 0) is 41.8 Å². The molecule has 1 aromatic heterocycles. The molecule has 1 aliphatic heterocycles. The van der Waals surface area contributed by atoms with Crippen molar-refractivity contribution < 1.29 is 26.9 Å². The molecule has 0 saturated heterocycles. The minimum atomic E-state index is -3.86. The molecule has 0 amide bonds. The fraction of sp³-hybridized carbons (Fsp3) is 0.0952. The van der Waals surface area contributed by atoms with E-state index in [1.807, 2.05) is 12.1 Å². The minimum Gasteiger partial charge on any atom is -0.456 e. The zero-order valence-electron chi connectivity index (χ0n) is 15.9. The van der Waals surface area contributed by atoms with Crippen LogP contribution in [0.15, 0.2) is 70.1 Å². The predicted molar refractivity (Wildman–Crippen MR) is 108 cm³/mol. The average molecular weight is 439 g/mol. The van der Waals surface area contributed by atoms with E-state index in [1.54, 1.807) is 18.2 Å². The normalized spacial score (nSPS) is 14.2. The van der Waals surface area contributed by atoms with Gasteiger partial charge in [0.15, 0.2) is 6.61 Å². The lowest BCUT2D eigenvalue weighted by Crippen LogP contribution is -2.33. The summed E-state index contributed by atoms with van der Waals surface area (Å²) in [6.45, 7) is -0.784. The highest BCUT2D eigenvalue weighted by Crippen LogP contribution is 2.41. The Bertz CT molecular complexity index is 1410. The maximum Gasteiger partial charge on any atom is 0.327 e. The monoisotopic (exact) mass is 439 g/mol. The number of hydrogen-bond acceptors (Lipinski definition) is 7. The Morgan fingerprint density at radius 3 is 2.58 bits per heavy atom. The highest BCUT2D eigenvalue weighted by Gasteiger charge is 2.37. The molecule has 156 valence electrons. The van der Waals surface area contributed by atoms with Gasteiger partial charge >= 0.3 is 5.97 Å². The van der Waals surface area contributed by atoms with Crippen LogP contribution < -0.4 is 4.31 Å². The molecule has 0 saturated carbocycles. The van der Waals surface area contributed by atoms with Gasteiger partial charge in [-0.2, -0.15) is 4.98 Å². The molecule has 0 fully saturated rings. The Hall–Kier alpha value is -3.79. The van der Waals surface area contributed by atoms with Crippen molar-refractivity contribution in [2.24, 2.45) is 0 Å². The molecular formula is C21H14FN3O5S. The molecule has 0 spiro atoms. The summed E-state index contributed by atoms with van der Waals surface area (Å²) < 4.78 is 50.1. The molecular weight excluding hydrogens is 425 g/mol. The van der Waals surface area contributed by atoms with Crippen LogP contribution in [0.5, 0.6) is 0 Å². The number of aromatic nitrogens is 2. The van der Waals surface area contributed by atoms with Gasteiger partial charge in [-0.3, -0.25) is 9.10 Å². The number of nitrogens with zero attached hydrogens (tertiary/aromatic N) is 3. The van der Waals surface area contributed by atoms with E-state index in [0.29, 0.717) is 16.6 Å². The smallest absolute Gasteiger partial charge is 0.327 e. The molecule has 0 unspecified atom stereocenters. The highest BCUT2D eigenvalue weighted by atomic mass is 32.2. The van der Waals surface area contributed by atoms with Gasteiger partial charge in [-0.15, -0.1) is 0 Å². The van der Waals surface area contributed by atoms with Crippen molar-refractivity contribution in [3.8, 4) is 11.5 Å². The predicted octanol–water partition coefficient (Wildman–Crippen LogP) is 3.28. The molecule has 0 bridgehead atoms. The van der Waals surface area contributed by atoms with Crippen LogP contribution in [-0.4, -0.2) is 31.1 Å². The first kappa shape index (κ1) is 19.2. The third-order valence-corrected chi connectivity index (χ3v) is 6.68. The maximum absolute atomic E-state index is 13.0. The molecule has 31 heavy (non-hydrogen) atoms. The van der Waals surface area contributed by atoms with E-state index in [1.165, 1.54) is 30.3 Å². The number of carbonyl (C=O) groups excluding carboxylic acids is 1. The molecule has 5 rings (SSSR count). The van der Waals surface area contributed by atoms with Gasteiger partial charge in [0.2, 0.25) is 5.82 Å². The van der Waals surface area contributed by atoms with E-state index in [-0.39, 0.29) is 23.2 Å². The summed E-state index contributed by atoms with van der Waals surface area (Å²) in [6, 6.07) is 15.7. The van der Waals surface area contributed by atoms with Crippen molar-refractivity contribution in [3.63, 3.8) is 0 Å². The van der Waals surface area contributed by atoms with Gasteiger partial charge < -0.3 is 9.26 Å². The first-order valence-corrected chi connectivity index (χ1v) is 10.7. The highest BCUT2D eigenvalue weighted by molar-refractivity contribution is 7.93. The van der Waals surface area contributed by atoms with Gasteiger partial charge in [0.25, 0.3) is 15.9 Å². The van der Waals surface area contributed by atoms with Gasteiger partial charge in [-0.1, -0.05) is 29.4 Å². The number of ether oxygens (including phenoxy) is 1. The number of benzene rings is 3. The molecule has 0 N–H and O–H groups in total. The Kier molecular flexibility index (Phi) is 4.44. The largest absolute Gasteiger partial charge is 0.456 e. The van der Waals surface area contributed by atoms with Crippen LogP contribution in [0.3, 0.4) is 0 Å². The lowest BCUT2D eigenvalue weighted by molar-refractivity contribution is -0.143. The molecule has 0 radical (unpaired) electrons. The van der Waals surface area contributed by atoms with Gasteiger partial charge in [0.1, 0.15) is 12.4 Å². The molecule has 1 aliphatic rings. The van der Waals surface area contributed by atoms with Crippen LogP contribution in [0.25, 0.3) is 22.2 Å². The standard InChI is InChI=1S/C21H14FN3O5S/c22-15-9-7-14(8-10-15)21-23-18(24-30-21)12-29-19(26)11-25-16-5-1-3-13-4-2-6-17(20(13)16)31(25,27)28/h1-10H,11-12H2. The molecule has 4 aromatic rings. The Morgan fingerprint density at radius 1 is 1.06 bits per heavy atom. The van der Waals surface area contributed by atoms with E-state index in [2.05, 4.69) is 10.1 Å². The maximum atomic E-state index is 13.0. The summed E-state index contributed by atoms with van der Waals surface area (Å²) in [5.41, 5.74) is 0.948. The van der Waals surface area contributed by atoms with Gasteiger partial charge in [0, 0.05) is 10.9 Å². The Morgan fingerprint density at radius 2 is 1.81 bits per heavy atom.